The van der Waals surface area contributed by atoms with Crippen molar-refractivity contribution < 1.29 is 9.59 Å². The molecule has 2 aromatic carbocycles. The first-order chi connectivity index (χ1) is 14.0. The molecule has 3 rings (SSSR count). The molecule has 2 N–H and O–H groups in total. The van der Waals surface area contributed by atoms with Crippen molar-refractivity contribution in [3.8, 4) is 0 Å². The number of anilines is 1. The highest BCUT2D eigenvalue weighted by Gasteiger charge is 2.10. The summed E-state index contributed by atoms with van der Waals surface area (Å²) < 4.78 is 0. The van der Waals surface area contributed by atoms with Gasteiger partial charge in [0.1, 0.15) is 0 Å². The van der Waals surface area contributed by atoms with Crippen LogP contribution in [0, 0.1) is 6.92 Å². The molecule has 0 spiro atoms. The molecule has 29 heavy (non-hydrogen) atoms. The normalized spacial score (nSPS) is 10.6. The topological polar surface area (TPSA) is 71.1 Å². The van der Waals surface area contributed by atoms with Gasteiger partial charge < -0.3 is 10.6 Å². The first kappa shape index (κ1) is 21.0. The highest BCUT2D eigenvalue weighted by atomic mass is 35.5. The van der Waals surface area contributed by atoms with Crippen LogP contribution in [0.3, 0.4) is 0 Å². The summed E-state index contributed by atoms with van der Waals surface area (Å²) in [5.74, 6) is -0.282. The van der Waals surface area contributed by atoms with Gasteiger partial charge in [-0.25, -0.2) is 4.98 Å². The lowest BCUT2D eigenvalue weighted by Gasteiger charge is -2.05. The molecule has 5 nitrogen and oxygen atoms in total. The molecule has 7 heteroatoms. The largest absolute Gasteiger partial charge is 0.355 e. The summed E-state index contributed by atoms with van der Waals surface area (Å²) >= 11 is 7.77. The van der Waals surface area contributed by atoms with Gasteiger partial charge in [-0.15, -0.1) is 11.3 Å². The van der Waals surface area contributed by atoms with E-state index in [-0.39, 0.29) is 24.8 Å². The van der Waals surface area contributed by atoms with E-state index in [1.807, 2.05) is 55.5 Å². The molecular formula is C22H22ClN3O2S. The van der Waals surface area contributed by atoms with Crippen LogP contribution in [0.1, 0.15) is 28.0 Å². The highest BCUT2D eigenvalue weighted by Crippen LogP contribution is 2.26. The molecule has 1 heterocycles. The smallest absolute Gasteiger partial charge is 0.227 e. The monoisotopic (exact) mass is 427 g/mol. The molecule has 0 aliphatic heterocycles. The molecule has 0 aliphatic carbocycles. The Labute approximate surface area is 179 Å². The number of hydrogen-bond donors (Lipinski definition) is 2. The summed E-state index contributed by atoms with van der Waals surface area (Å²) in [4.78, 5) is 29.3. The number of halogens is 1. The van der Waals surface area contributed by atoms with E-state index in [0.29, 0.717) is 18.0 Å². The fraction of sp³-hybridized carbons (Fsp3) is 0.227. The van der Waals surface area contributed by atoms with Crippen LogP contribution in [0.4, 0.5) is 5.13 Å². The lowest BCUT2D eigenvalue weighted by Crippen LogP contribution is -2.28. The number of aryl methyl sites for hydroxylation is 1. The van der Waals surface area contributed by atoms with Gasteiger partial charge in [-0.1, -0.05) is 60.1 Å². The second-order valence-electron chi connectivity index (χ2n) is 6.67. The van der Waals surface area contributed by atoms with Gasteiger partial charge in [0.2, 0.25) is 11.8 Å². The Morgan fingerprint density at radius 1 is 1.07 bits per heavy atom. The van der Waals surface area contributed by atoms with E-state index in [0.717, 1.165) is 26.6 Å². The van der Waals surface area contributed by atoms with Crippen molar-refractivity contribution in [1.29, 1.82) is 0 Å². The summed E-state index contributed by atoms with van der Waals surface area (Å²) in [5, 5.41) is 6.86. The minimum absolute atomic E-state index is 0.101. The van der Waals surface area contributed by atoms with Crippen LogP contribution in [0.15, 0.2) is 54.7 Å². The highest BCUT2D eigenvalue weighted by molar-refractivity contribution is 7.15. The van der Waals surface area contributed by atoms with Crippen LogP contribution in [0.25, 0.3) is 0 Å². The molecule has 0 saturated heterocycles. The van der Waals surface area contributed by atoms with Crippen molar-refractivity contribution in [3.05, 3.63) is 81.3 Å². The summed E-state index contributed by atoms with van der Waals surface area (Å²) in [7, 11) is 0. The van der Waals surface area contributed by atoms with Crippen LogP contribution in [0.5, 0.6) is 0 Å². The number of nitrogens with zero attached hydrogens (tertiary/aromatic N) is 1. The van der Waals surface area contributed by atoms with E-state index in [9.17, 15) is 9.59 Å². The number of benzene rings is 2. The van der Waals surface area contributed by atoms with Crippen LogP contribution >= 0.6 is 22.9 Å². The lowest BCUT2D eigenvalue weighted by atomic mass is 10.1. The Morgan fingerprint density at radius 2 is 1.86 bits per heavy atom. The molecule has 2 amide bonds. The van der Waals surface area contributed by atoms with Crippen molar-refractivity contribution in [2.24, 2.45) is 0 Å². The van der Waals surface area contributed by atoms with Crippen molar-refractivity contribution >= 4 is 39.9 Å². The molecule has 0 fully saturated rings. The molecule has 0 unspecified atom stereocenters. The van der Waals surface area contributed by atoms with Crippen LogP contribution in [-0.2, 0) is 22.4 Å². The summed E-state index contributed by atoms with van der Waals surface area (Å²) in [5.41, 5.74) is 3.02. The Kier molecular flexibility index (Phi) is 7.38. The van der Waals surface area contributed by atoms with Gasteiger partial charge in [0.15, 0.2) is 5.13 Å². The Balaban J connectivity index is 1.43. The number of hydrogen-bond acceptors (Lipinski definition) is 4. The van der Waals surface area contributed by atoms with Crippen LogP contribution in [0.2, 0.25) is 5.02 Å². The third-order valence-electron chi connectivity index (χ3n) is 4.32. The second-order valence-corrected chi connectivity index (χ2v) is 8.16. The van der Waals surface area contributed by atoms with Gasteiger partial charge in [-0.05, 0) is 23.6 Å². The number of aromatic nitrogens is 1. The molecule has 0 saturated carbocycles. The van der Waals surface area contributed by atoms with Crippen molar-refractivity contribution in [2.45, 2.75) is 26.2 Å². The molecule has 0 aliphatic rings. The van der Waals surface area contributed by atoms with E-state index in [4.69, 9.17) is 11.6 Å². The molecule has 0 bridgehead atoms. The van der Waals surface area contributed by atoms with E-state index < -0.39 is 0 Å². The second kappa shape index (κ2) is 10.2. The Hall–Kier alpha value is -2.70. The SMILES string of the molecule is Cc1cccc(Cc2cnc(NC(=O)CCNC(=O)Cc3ccccc3)s2)c1Cl. The molecular weight excluding hydrogens is 406 g/mol. The van der Waals surface area contributed by atoms with Gasteiger partial charge in [0.05, 0.1) is 6.42 Å². The first-order valence-corrected chi connectivity index (χ1v) is 10.5. The van der Waals surface area contributed by atoms with Gasteiger partial charge in [0, 0.05) is 35.5 Å². The fourth-order valence-electron chi connectivity index (χ4n) is 2.82. The number of amides is 2. The molecule has 150 valence electrons. The van der Waals surface area contributed by atoms with E-state index in [1.54, 1.807) is 6.20 Å². The average molecular weight is 428 g/mol. The molecule has 0 radical (unpaired) electrons. The number of rotatable bonds is 8. The minimum Gasteiger partial charge on any atom is -0.355 e. The van der Waals surface area contributed by atoms with Crippen molar-refractivity contribution in [2.75, 3.05) is 11.9 Å². The van der Waals surface area contributed by atoms with Crippen LogP contribution < -0.4 is 10.6 Å². The Morgan fingerprint density at radius 3 is 2.66 bits per heavy atom. The minimum atomic E-state index is -0.181. The average Bonchev–Trinajstić information content (AvgIpc) is 3.13. The summed E-state index contributed by atoms with van der Waals surface area (Å²) in [6, 6.07) is 15.4. The van der Waals surface area contributed by atoms with Gasteiger partial charge in [-0.3, -0.25) is 9.59 Å². The van der Waals surface area contributed by atoms with Gasteiger partial charge in [-0.2, -0.15) is 0 Å². The number of nitrogens with one attached hydrogen (secondary N) is 2. The van der Waals surface area contributed by atoms with E-state index in [2.05, 4.69) is 15.6 Å². The van der Waals surface area contributed by atoms with Gasteiger partial charge in [0.25, 0.3) is 0 Å². The third kappa shape index (κ3) is 6.41. The number of carbonyl (C=O) groups excluding carboxylic acids is 2. The number of thiazole rings is 1. The quantitative estimate of drug-likeness (QED) is 0.560. The maximum absolute atomic E-state index is 12.1. The predicted octanol–water partition coefficient (Wildman–Crippen LogP) is 4.38. The molecule has 0 atom stereocenters. The molecule has 1 aromatic heterocycles. The maximum Gasteiger partial charge on any atom is 0.227 e. The summed E-state index contributed by atoms with van der Waals surface area (Å²) in [6.45, 7) is 2.26. The van der Waals surface area contributed by atoms with Gasteiger partial charge >= 0.3 is 0 Å². The van der Waals surface area contributed by atoms with Crippen LogP contribution in [-0.4, -0.2) is 23.3 Å². The standard InChI is InChI=1S/C22H22ClN3O2S/c1-15-6-5-9-17(21(15)23)13-18-14-25-22(29-18)26-19(27)10-11-24-20(28)12-16-7-3-2-4-8-16/h2-9,14H,10-13H2,1H3,(H,24,28)(H,25,26,27). The zero-order chi connectivity index (χ0) is 20.6. The zero-order valence-corrected chi connectivity index (χ0v) is 17.6. The van der Waals surface area contributed by atoms with Crippen molar-refractivity contribution in [1.82, 2.24) is 10.3 Å². The summed E-state index contributed by atoms with van der Waals surface area (Å²) in [6.07, 6.45) is 2.92. The third-order valence-corrected chi connectivity index (χ3v) is 5.77. The lowest BCUT2D eigenvalue weighted by molar-refractivity contribution is -0.120. The predicted molar refractivity (Wildman–Crippen MR) is 118 cm³/mol. The van der Waals surface area contributed by atoms with Crippen molar-refractivity contribution in [3.63, 3.8) is 0 Å². The Bertz CT molecular complexity index is 989. The fourth-order valence-corrected chi connectivity index (χ4v) is 3.86. The maximum atomic E-state index is 12.1. The van der Waals surface area contributed by atoms with E-state index >= 15 is 0 Å². The molecule has 3 aromatic rings. The number of carbonyl (C=O) groups is 2. The van der Waals surface area contributed by atoms with E-state index in [1.165, 1.54) is 11.3 Å². The first-order valence-electron chi connectivity index (χ1n) is 9.30. The zero-order valence-electron chi connectivity index (χ0n) is 16.1.